The van der Waals surface area contributed by atoms with Gasteiger partial charge in [0.1, 0.15) is 5.75 Å². The number of rotatable bonds is 5. The number of carboxylic acids is 1. The Balaban J connectivity index is 2.11. The summed E-state index contributed by atoms with van der Waals surface area (Å²) in [4.78, 5) is 23.7. The molecular weight excluding hydrogens is 582 g/mol. The van der Waals surface area contributed by atoms with E-state index in [1.807, 2.05) is 58.2 Å². The average molecular weight is 596 g/mol. The maximum absolute atomic E-state index is 12.3. The fourth-order valence-corrected chi connectivity index (χ4v) is 4.23. The van der Waals surface area contributed by atoms with E-state index in [1.165, 1.54) is 6.07 Å². The number of nitrogens with one attached hydrogen (secondary N) is 2. The van der Waals surface area contributed by atoms with E-state index in [0.29, 0.717) is 27.2 Å². The molecule has 0 saturated carbocycles. The molecule has 0 aliphatic rings. The first kappa shape index (κ1) is 20.8. The van der Waals surface area contributed by atoms with Gasteiger partial charge >= 0.3 is 5.97 Å². The lowest BCUT2D eigenvalue weighted by Crippen LogP contribution is -2.34. The Morgan fingerprint density at radius 2 is 1.85 bits per heavy atom. The van der Waals surface area contributed by atoms with Crippen molar-refractivity contribution in [1.29, 1.82) is 0 Å². The highest BCUT2D eigenvalue weighted by atomic mass is 127. The standard InChI is InChI=1S/C17H14I2N2O4S/c1-2-25-11-5-3-9(4-6-11)15(22)21-17(26)20-14-12(16(23)24)7-10(18)8-13(14)19/h3-8H,2H2,1H3,(H,23,24)(H2,20,21,22,26). The lowest BCUT2D eigenvalue weighted by molar-refractivity contribution is 0.0697. The number of carbonyl (C=O) groups excluding carboxylic acids is 1. The first-order chi connectivity index (χ1) is 12.3. The molecule has 0 saturated heterocycles. The minimum Gasteiger partial charge on any atom is -0.494 e. The second-order valence-electron chi connectivity index (χ2n) is 4.98. The molecule has 0 aromatic heterocycles. The molecule has 0 radical (unpaired) electrons. The van der Waals surface area contributed by atoms with Crippen LogP contribution in [0, 0.1) is 7.14 Å². The van der Waals surface area contributed by atoms with Gasteiger partial charge in [-0.1, -0.05) is 0 Å². The van der Waals surface area contributed by atoms with Crippen LogP contribution in [0.3, 0.4) is 0 Å². The van der Waals surface area contributed by atoms with Crippen molar-refractivity contribution in [3.8, 4) is 5.75 Å². The highest BCUT2D eigenvalue weighted by Crippen LogP contribution is 2.26. The van der Waals surface area contributed by atoms with E-state index in [-0.39, 0.29) is 10.7 Å². The van der Waals surface area contributed by atoms with E-state index >= 15 is 0 Å². The van der Waals surface area contributed by atoms with Gasteiger partial charge in [0.25, 0.3) is 5.91 Å². The molecule has 0 aliphatic carbocycles. The highest BCUT2D eigenvalue weighted by Gasteiger charge is 2.17. The highest BCUT2D eigenvalue weighted by molar-refractivity contribution is 14.1. The molecule has 0 spiro atoms. The van der Waals surface area contributed by atoms with Gasteiger partial charge in [0, 0.05) is 12.7 Å². The summed E-state index contributed by atoms with van der Waals surface area (Å²) in [5.41, 5.74) is 0.836. The molecule has 2 aromatic rings. The Morgan fingerprint density at radius 3 is 2.42 bits per heavy atom. The van der Waals surface area contributed by atoms with Gasteiger partial charge in [-0.25, -0.2) is 4.79 Å². The topological polar surface area (TPSA) is 87.7 Å². The van der Waals surface area contributed by atoms with Gasteiger partial charge in [0.2, 0.25) is 0 Å². The van der Waals surface area contributed by atoms with Gasteiger partial charge in [-0.05, 0) is 101 Å². The van der Waals surface area contributed by atoms with Crippen LogP contribution >= 0.6 is 57.4 Å². The van der Waals surface area contributed by atoms with E-state index in [1.54, 1.807) is 24.3 Å². The van der Waals surface area contributed by atoms with Crippen LogP contribution in [0.1, 0.15) is 27.6 Å². The van der Waals surface area contributed by atoms with Crippen LogP contribution < -0.4 is 15.4 Å². The van der Waals surface area contributed by atoms with Crippen molar-refractivity contribution in [3.63, 3.8) is 0 Å². The average Bonchev–Trinajstić information content (AvgIpc) is 2.57. The summed E-state index contributed by atoms with van der Waals surface area (Å²) < 4.78 is 6.81. The lowest BCUT2D eigenvalue weighted by atomic mass is 10.2. The Kier molecular flexibility index (Phi) is 7.58. The van der Waals surface area contributed by atoms with Crippen LogP contribution in [0.5, 0.6) is 5.75 Å². The minimum atomic E-state index is -1.08. The number of carbonyl (C=O) groups is 2. The first-order valence-corrected chi connectivity index (χ1v) is 9.96. The maximum atomic E-state index is 12.3. The predicted molar refractivity (Wildman–Crippen MR) is 120 cm³/mol. The van der Waals surface area contributed by atoms with Crippen molar-refractivity contribution in [2.24, 2.45) is 0 Å². The molecule has 0 unspecified atom stereocenters. The third-order valence-electron chi connectivity index (χ3n) is 3.18. The van der Waals surface area contributed by atoms with Crippen molar-refractivity contribution in [1.82, 2.24) is 5.32 Å². The minimum absolute atomic E-state index is 0.0190. The summed E-state index contributed by atoms with van der Waals surface area (Å²) in [5, 5.41) is 14.7. The zero-order valence-electron chi connectivity index (χ0n) is 13.5. The van der Waals surface area contributed by atoms with Crippen molar-refractivity contribution in [2.75, 3.05) is 11.9 Å². The molecule has 2 rings (SSSR count). The molecule has 3 N–H and O–H groups in total. The third-order valence-corrected chi connectivity index (χ3v) is 4.86. The van der Waals surface area contributed by atoms with Crippen molar-refractivity contribution in [2.45, 2.75) is 6.92 Å². The van der Waals surface area contributed by atoms with Gasteiger partial charge in [-0.3, -0.25) is 10.1 Å². The number of thiocarbonyl (C=S) groups is 1. The van der Waals surface area contributed by atoms with E-state index < -0.39 is 11.9 Å². The fourth-order valence-electron chi connectivity index (χ4n) is 2.06. The van der Waals surface area contributed by atoms with Crippen molar-refractivity contribution >= 4 is 80.1 Å². The quantitative estimate of drug-likeness (QED) is 0.356. The Morgan fingerprint density at radius 1 is 1.19 bits per heavy atom. The largest absolute Gasteiger partial charge is 0.494 e. The van der Waals surface area contributed by atoms with E-state index in [2.05, 4.69) is 10.6 Å². The summed E-state index contributed by atoms with van der Waals surface area (Å²) in [6, 6.07) is 9.98. The maximum Gasteiger partial charge on any atom is 0.337 e. The lowest BCUT2D eigenvalue weighted by Gasteiger charge is -2.14. The molecule has 26 heavy (non-hydrogen) atoms. The van der Waals surface area contributed by atoms with E-state index in [9.17, 15) is 14.7 Å². The molecular formula is C17H14I2N2O4S. The van der Waals surface area contributed by atoms with Gasteiger partial charge < -0.3 is 15.2 Å². The van der Waals surface area contributed by atoms with Crippen LogP contribution in [-0.4, -0.2) is 28.7 Å². The smallest absolute Gasteiger partial charge is 0.337 e. The number of hydrogen-bond donors (Lipinski definition) is 3. The predicted octanol–water partition coefficient (Wildman–Crippen LogP) is 4.12. The number of amides is 1. The molecule has 0 aliphatic heterocycles. The molecule has 0 atom stereocenters. The molecule has 2 aromatic carbocycles. The summed E-state index contributed by atoms with van der Waals surface area (Å²) in [5.74, 6) is -0.809. The second-order valence-corrected chi connectivity index (χ2v) is 7.80. The van der Waals surface area contributed by atoms with Crippen molar-refractivity contribution < 1.29 is 19.4 Å². The molecule has 0 bridgehead atoms. The van der Waals surface area contributed by atoms with Crippen LogP contribution in [-0.2, 0) is 0 Å². The molecule has 1 amide bonds. The summed E-state index contributed by atoms with van der Waals surface area (Å²) in [7, 11) is 0. The normalized spacial score (nSPS) is 10.1. The monoisotopic (exact) mass is 596 g/mol. The molecule has 136 valence electrons. The van der Waals surface area contributed by atoms with Crippen LogP contribution in [0.4, 0.5) is 5.69 Å². The number of aromatic carboxylic acids is 1. The molecule has 0 fully saturated rings. The second kappa shape index (κ2) is 9.46. The van der Waals surface area contributed by atoms with E-state index in [0.717, 1.165) is 3.57 Å². The Bertz CT molecular complexity index is 857. The number of halogens is 2. The Hall–Kier alpha value is -1.47. The summed E-state index contributed by atoms with van der Waals surface area (Å²) >= 11 is 9.21. The van der Waals surface area contributed by atoms with Crippen LogP contribution in [0.15, 0.2) is 36.4 Å². The van der Waals surface area contributed by atoms with Crippen molar-refractivity contribution in [3.05, 3.63) is 54.7 Å². The van der Waals surface area contributed by atoms with E-state index in [4.69, 9.17) is 17.0 Å². The summed E-state index contributed by atoms with van der Waals surface area (Å²) in [6.45, 7) is 2.42. The van der Waals surface area contributed by atoms with Gasteiger partial charge in [-0.15, -0.1) is 0 Å². The summed E-state index contributed by atoms with van der Waals surface area (Å²) in [6.07, 6.45) is 0. The van der Waals surface area contributed by atoms with Gasteiger partial charge in [0.15, 0.2) is 5.11 Å². The van der Waals surface area contributed by atoms with Crippen LogP contribution in [0.2, 0.25) is 0 Å². The Labute approximate surface area is 183 Å². The zero-order chi connectivity index (χ0) is 19.3. The fraction of sp³-hybridized carbons (Fsp3) is 0.118. The number of hydrogen-bond acceptors (Lipinski definition) is 4. The van der Waals surface area contributed by atoms with Gasteiger partial charge in [-0.2, -0.15) is 0 Å². The van der Waals surface area contributed by atoms with Gasteiger partial charge in [0.05, 0.1) is 17.9 Å². The molecule has 9 heteroatoms. The first-order valence-electron chi connectivity index (χ1n) is 7.39. The molecule has 6 nitrogen and oxygen atoms in total. The number of ether oxygens (including phenoxy) is 1. The SMILES string of the molecule is CCOc1ccc(C(=O)NC(=S)Nc2c(I)cc(I)cc2C(=O)O)cc1. The third kappa shape index (κ3) is 5.51. The molecule has 0 heterocycles. The number of benzene rings is 2. The zero-order valence-corrected chi connectivity index (χ0v) is 18.6. The number of anilines is 1. The van der Waals surface area contributed by atoms with Crippen LogP contribution in [0.25, 0.3) is 0 Å². The number of carboxylic acid groups (broad SMARTS) is 1.